The molecule has 27 heavy (non-hydrogen) atoms. The first kappa shape index (κ1) is 19.4. The summed E-state index contributed by atoms with van der Waals surface area (Å²) in [5.41, 5.74) is 0.692. The number of rotatable bonds is 4. The minimum Gasteiger partial charge on any atom is -0.325 e. The number of nitrogens with zero attached hydrogens (tertiary/aromatic N) is 3. The highest BCUT2D eigenvalue weighted by molar-refractivity contribution is 7.87. The number of nitriles is 1. The molecule has 1 aliphatic rings. The van der Waals surface area contributed by atoms with Crippen molar-refractivity contribution in [3.63, 3.8) is 0 Å². The zero-order valence-corrected chi connectivity index (χ0v) is 15.8. The van der Waals surface area contributed by atoms with Gasteiger partial charge in [-0.2, -0.15) is 22.7 Å². The lowest BCUT2D eigenvalue weighted by molar-refractivity contribution is -0.120. The zero-order chi connectivity index (χ0) is 19.6. The van der Waals surface area contributed by atoms with Crippen molar-refractivity contribution in [2.45, 2.75) is 25.4 Å². The summed E-state index contributed by atoms with van der Waals surface area (Å²) in [7, 11) is -4.06. The Labute approximate surface area is 159 Å². The molecule has 2 atom stereocenters. The van der Waals surface area contributed by atoms with Gasteiger partial charge in [-0.3, -0.25) is 4.79 Å². The Morgan fingerprint density at radius 1 is 1.56 bits per heavy atom. The molecule has 8 nitrogen and oxygen atoms in total. The second-order valence-corrected chi connectivity index (χ2v) is 8.53. The Hall–Kier alpha value is -2.39. The second kappa shape index (κ2) is 7.69. The average molecular weight is 409 g/mol. The molecule has 0 unspecified atom stereocenters. The Morgan fingerprint density at radius 2 is 2.33 bits per heavy atom. The molecule has 2 aromatic rings. The summed E-state index contributed by atoms with van der Waals surface area (Å²) in [6.45, 7) is 1.08. The normalized spacial score (nSPS) is 22.1. The van der Waals surface area contributed by atoms with Crippen LogP contribution in [0.15, 0.2) is 29.8 Å². The van der Waals surface area contributed by atoms with Crippen LogP contribution in [0.3, 0.4) is 0 Å². The number of carbonyl (C=O) groups excluding carboxylic acids is 1. The first-order valence-corrected chi connectivity index (χ1v) is 10.3. The average Bonchev–Trinajstić information content (AvgIpc) is 3.14. The van der Waals surface area contributed by atoms with Crippen molar-refractivity contribution in [1.82, 2.24) is 14.0 Å². The molecule has 0 bridgehead atoms. The molecule has 1 aromatic heterocycles. The van der Waals surface area contributed by atoms with Crippen molar-refractivity contribution in [1.29, 1.82) is 5.26 Å². The van der Waals surface area contributed by atoms with E-state index in [2.05, 4.69) is 15.0 Å². The number of amides is 1. The van der Waals surface area contributed by atoms with Crippen LogP contribution in [0.25, 0.3) is 0 Å². The number of nitrogens with one attached hydrogen (secondary N) is 2. The van der Waals surface area contributed by atoms with E-state index in [1.54, 1.807) is 24.6 Å². The van der Waals surface area contributed by atoms with Gasteiger partial charge in [0.15, 0.2) is 0 Å². The van der Waals surface area contributed by atoms with Gasteiger partial charge in [-0.1, -0.05) is 0 Å². The summed E-state index contributed by atoms with van der Waals surface area (Å²) >= 11 is 1.27. The Morgan fingerprint density at radius 3 is 2.96 bits per heavy atom. The topological polar surface area (TPSA) is 115 Å². The molecule has 142 valence electrons. The monoisotopic (exact) mass is 409 g/mol. The lowest BCUT2D eigenvalue weighted by Crippen LogP contribution is -2.57. The highest BCUT2D eigenvalue weighted by Gasteiger charge is 2.43. The molecule has 2 heterocycles. The molecule has 2 N–H and O–H groups in total. The van der Waals surface area contributed by atoms with Crippen molar-refractivity contribution < 1.29 is 17.6 Å². The first-order valence-electron chi connectivity index (χ1n) is 7.94. The van der Waals surface area contributed by atoms with Crippen molar-refractivity contribution in [3.8, 4) is 6.07 Å². The van der Waals surface area contributed by atoms with Crippen LogP contribution in [0.4, 0.5) is 10.1 Å². The van der Waals surface area contributed by atoms with Crippen LogP contribution in [0.1, 0.15) is 23.0 Å². The lowest BCUT2D eigenvalue weighted by Gasteiger charge is -2.36. The fourth-order valence-corrected chi connectivity index (χ4v) is 5.04. The van der Waals surface area contributed by atoms with E-state index in [9.17, 15) is 17.6 Å². The largest absolute Gasteiger partial charge is 0.325 e. The molecule has 0 aliphatic carbocycles. The van der Waals surface area contributed by atoms with Gasteiger partial charge in [-0.05, 0) is 37.1 Å². The highest BCUT2D eigenvalue weighted by atomic mass is 32.2. The minimum atomic E-state index is -4.06. The molecule has 0 spiro atoms. The van der Waals surface area contributed by atoms with Gasteiger partial charge in [0.05, 0.1) is 12.1 Å². The van der Waals surface area contributed by atoms with Gasteiger partial charge < -0.3 is 5.32 Å². The third kappa shape index (κ3) is 4.14. The van der Waals surface area contributed by atoms with E-state index in [0.717, 1.165) is 4.31 Å². The Kier molecular flexibility index (Phi) is 5.52. The van der Waals surface area contributed by atoms with Gasteiger partial charge in [-0.25, -0.2) is 9.37 Å². The van der Waals surface area contributed by atoms with E-state index in [0.29, 0.717) is 16.3 Å². The zero-order valence-electron chi connectivity index (χ0n) is 14.2. The van der Waals surface area contributed by atoms with Crippen molar-refractivity contribution in [2.75, 3.05) is 11.9 Å². The van der Waals surface area contributed by atoms with Crippen molar-refractivity contribution >= 4 is 33.1 Å². The van der Waals surface area contributed by atoms with Gasteiger partial charge in [-0.15, -0.1) is 11.3 Å². The van der Waals surface area contributed by atoms with Gasteiger partial charge in [0.25, 0.3) is 10.2 Å². The molecule has 1 amide bonds. The van der Waals surface area contributed by atoms with Crippen LogP contribution < -0.4 is 10.0 Å². The summed E-state index contributed by atoms with van der Waals surface area (Å²) in [6, 6.07) is 4.06. The maximum Gasteiger partial charge on any atom is 0.281 e. The van der Waals surface area contributed by atoms with Crippen LogP contribution in [0.2, 0.25) is 0 Å². The smallest absolute Gasteiger partial charge is 0.281 e. The van der Waals surface area contributed by atoms with Crippen LogP contribution in [-0.2, 0) is 15.0 Å². The predicted octanol–water partition coefficient (Wildman–Crippen LogP) is 1.70. The summed E-state index contributed by atoms with van der Waals surface area (Å²) in [5.74, 6) is -1.00. The van der Waals surface area contributed by atoms with Gasteiger partial charge in [0.1, 0.15) is 23.4 Å². The molecule has 3 rings (SSSR count). The third-order valence-electron chi connectivity index (χ3n) is 4.11. The molecule has 1 fully saturated rings. The summed E-state index contributed by atoms with van der Waals surface area (Å²) in [6.07, 6.45) is 1.66. The number of thiazole rings is 1. The molecule has 1 aliphatic heterocycles. The molecule has 1 saturated heterocycles. The van der Waals surface area contributed by atoms with E-state index < -0.39 is 40.6 Å². The van der Waals surface area contributed by atoms with Crippen LogP contribution in [0, 0.1) is 24.1 Å². The molecule has 11 heteroatoms. The van der Waals surface area contributed by atoms with Gasteiger partial charge >= 0.3 is 0 Å². The number of carbonyl (C=O) groups is 1. The Balaban J connectivity index is 1.89. The van der Waals surface area contributed by atoms with Crippen LogP contribution in [-0.4, -0.2) is 36.2 Å². The predicted molar refractivity (Wildman–Crippen MR) is 97.4 cm³/mol. The molecular formula is C16H16FN5O3S2. The number of hydrogen-bond acceptors (Lipinski definition) is 6. The third-order valence-corrected chi connectivity index (χ3v) is 6.58. The SMILES string of the molecule is Cc1cc(NC(=O)[C@H]2C[C@@H](c3nccs3)NS(=O)(=O)N2CC#N)ccc1F. The number of hydrogen-bond donors (Lipinski definition) is 2. The van der Waals surface area contributed by atoms with E-state index in [4.69, 9.17) is 5.26 Å². The Bertz CT molecular complexity index is 988. The highest BCUT2D eigenvalue weighted by Crippen LogP contribution is 2.30. The summed E-state index contributed by atoms with van der Waals surface area (Å²) in [5, 5.41) is 13.8. The van der Waals surface area contributed by atoms with E-state index >= 15 is 0 Å². The molecule has 0 saturated carbocycles. The summed E-state index contributed by atoms with van der Waals surface area (Å²) in [4.78, 5) is 16.9. The number of aryl methyl sites for hydroxylation is 1. The second-order valence-electron chi connectivity index (χ2n) is 5.95. The fraction of sp³-hybridized carbons (Fsp3) is 0.312. The quantitative estimate of drug-likeness (QED) is 0.746. The van der Waals surface area contributed by atoms with Gasteiger partial charge in [0, 0.05) is 17.3 Å². The molecular weight excluding hydrogens is 393 g/mol. The minimum absolute atomic E-state index is 0.112. The molecule has 0 radical (unpaired) electrons. The van der Waals surface area contributed by atoms with Crippen LogP contribution >= 0.6 is 11.3 Å². The standard InChI is InChI=1S/C16H16FN5O3S2/c1-10-8-11(2-3-12(10)17)20-15(23)14-9-13(16-19-5-7-26-16)21-27(24,25)22(14)6-4-18/h2-3,5,7-8,13-14,21H,6,9H2,1H3,(H,20,23)/t13-,14+/m0/s1. The van der Waals surface area contributed by atoms with Crippen molar-refractivity contribution in [3.05, 3.63) is 46.2 Å². The van der Waals surface area contributed by atoms with Gasteiger partial charge in [0.2, 0.25) is 5.91 Å². The van der Waals surface area contributed by atoms with E-state index in [1.165, 1.54) is 29.5 Å². The van der Waals surface area contributed by atoms with Crippen LogP contribution in [0.5, 0.6) is 0 Å². The fourth-order valence-electron chi connectivity index (χ4n) is 2.81. The van der Waals surface area contributed by atoms with E-state index in [-0.39, 0.29) is 6.42 Å². The number of halogens is 1. The maximum atomic E-state index is 13.4. The van der Waals surface area contributed by atoms with E-state index in [1.807, 2.05) is 0 Å². The summed E-state index contributed by atoms with van der Waals surface area (Å²) < 4.78 is 41.8. The number of benzene rings is 1. The first-order chi connectivity index (χ1) is 12.8. The molecule has 1 aromatic carbocycles. The maximum absolute atomic E-state index is 13.4. The number of aromatic nitrogens is 1. The lowest BCUT2D eigenvalue weighted by atomic mass is 10.1. The van der Waals surface area contributed by atoms with Crippen molar-refractivity contribution in [2.24, 2.45) is 0 Å². The number of anilines is 1.